The Balaban J connectivity index is 1.69. The molecule has 1 aromatic rings. The Morgan fingerprint density at radius 2 is 2.26 bits per heavy atom. The van der Waals surface area contributed by atoms with Gasteiger partial charge in [-0.15, -0.1) is 0 Å². The standard InChI is InChI=1S/C14H15ClN2O2/c1-17(8-9-17)7-2-3-10-19-14(18)16-13-6-4-5-12(15)11-13/h4-6,11H,7-10H2,1H3/p+1. The van der Waals surface area contributed by atoms with Crippen molar-refractivity contribution in [1.29, 1.82) is 0 Å². The Hall–Kier alpha value is -1.70. The maximum atomic E-state index is 11.4. The number of nitrogens with zero attached hydrogens (tertiary/aromatic N) is 1. The lowest BCUT2D eigenvalue weighted by atomic mass is 10.3. The van der Waals surface area contributed by atoms with Crippen LogP contribution in [0.15, 0.2) is 24.3 Å². The summed E-state index contributed by atoms with van der Waals surface area (Å²) in [6.45, 7) is 3.29. The van der Waals surface area contributed by atoms with Crippen molar-refractivity contribution in [3.8, 4) is 11.8 Å². The number of amides is 1. The minimum Gasteiger partial charge on any atom is -0.436 e. The van der Waals surface area contributed by atoms with Gasteiger partial charge in [-0.1, -0.05) is 23.6 Å². The first-order valence-electron chi connectivity index (χ1n) is 6.06. The molecule has 0 spiro atoms. The van der Waals surface area contributed by atoms with Crippen molar-refractivity contribution in [3.05, 3.63) is 29.3 Å². The molecule has 0 radical (unpaired) electrons. The fourth-order valence-corrected chi connectivity index (χ4v) is 1.64. The van der Waals surface area contributed by atoms with Crippen LogP contribution in [0.4, 0.5) is 10.5 Å². The van der Waals surface area contributed by atoms with Gasteiger partial charge in [-0.3, -0.25) is 5.32 Å². The second kappa shape index (κ2) is 5.96. The monoisotopic (exact) mass is 279 g/mol. The number of carbonyl (C=O) groups is 1. The highest BCUT2D eigenvalue weighted by Crippen LogP contribution is 2.15. The first-order valence-corrected chi connectivity index (χ1v) is 6.44. The summed E-state index contributed by atoms with van der Waals surface area (Å²) in [4.78, 5) is 11.4. The van der Waals surface area contributed by atoms with Crippen molar-refractivity contribution in [3.63, 3.8) is 0 Å². The molecule has 100 valence electrons. The molecule has 0 atom stereocenters. The Morgan fingerprint density at radius 1 is 1.47 bits per heavy atom. The normalized spacial score (nSPS) is 15.1. The molecule has 1 heterocycles. The Kier molecular flexibility index (Phi) is 4.31. The van der Waals surface area contributed by atoms with E-state index in [-0.39, 0.29) is 6.61 Å². The number of likely N-dealkylation sites (N-methyl/N-ethyl adjacent to an activating group) is 1. The zero-order valence-corrected chi connectivity index (χ0v) is 11.5. The molecule has 0 saturated carbocycles. The van der Waals surface area contributed by atoms with E-state index in [2.05, 4.69) is 24.2 Å². The zero-order chi connectivity index (χ0) is 13.7. The number of carbonyl (C=O) groups excluding carboxylic acids is 1. The molecule has 5 heteroatoms. The van der Waals surface area contributed by atoms with Crippen LogP contribution < -0.4 is 5.32 Å². The van der Waals surface area contributed by atoms with Gasteiger partial charge in [0.2, 0.25) is 0 Å². The molecule has 0 unspecified atom stereocenters. The Labute approximate surface area is 117 Å². The summed E-state index contributed by atoms with van der Waals surface area (Å²) < 4.78 is 5.95. The molecule has 0 aromatic heterocycles. The quantitative estimate of drug-likeness (QED) is 0.524. The summed E-state index contributed by atoms with van der Waals surface area (Å²) in [7, 11) is 2.15. The van der Waals surface area contributed by atoms with Gasteiger partial charge in [0.15, 0.2) is 6.61 Å². The van der Waals surface area contributed by atoms with Crippen molar-refractivity contribution in [2.75, 3.05) is 38.6 Å². The third-order valence-corrected chi connectivity index (χ3v) is 3.15. The maximum Gasteiger partial charge on any atom is 0.412 e. The van der Waals surface area contributed by atoms with Crippen molar-refractivity contribution in [2.24, 2.45) is 0 Å². The van der Waals surface area contributed by atoms with Crippen LogP contribution in [0.5, 0.6) is 0 Å². The fourth-order valence-electron chi connectivity index (χ4n) is 1.45. The van der Waals surface area contributed by atoms with Crippen LogP contribution in [0, 0.1) is 11.8 Å². The molecule has 2 rings (SSSR count). The third-order valence-electron chi connectivity index (χ3n) is 2.92. The van der Waals surface area contributed by atoms with Crippen molar-refractivity contribution in [2.45, 2.75) is 0 Å². The molecule has 0 bridgehead atoms. The zero-order valence-electron chi connectivity index (χ0n) is 10.8. The second-order valence-electron chi connectivity index (χ2n) is 4.79. The van der Waals surface area contributed by atoms with E-state index in [0.717, 1.165) is 11.0 Å². The van der Waals surface area contributed by atoms with Crippen molar-refractivity contribution >= 4 is 23.4 Å². The highest BCUT2D eigenvalue weighted by atomic mass is 35.5. The highest BCUT2D eigenvalue weighted by molar-refractivity contribution is 6.30. The number of halogens is 1. The largest absolute Gasteiger partial charge is 0.436 e. The number of benzene rings is 1. The Morgan fingerprint density at radius 3 is 2.95 bits per heavy atom. The van der Waals surface area contributed by atoms with Gasteiger partial charge >= 0.3 is 6.09 Å². The summed E-state index contributed by atoms with van der Waals surface area (Å²) >= 11 is 5.81. The van der Waals surface area contributed by atoms with E-state index in [4.69, 9.17) is 16.3 Å². The molecule has 1 saturated heterocycles. The minimum atomic E-state index is -0.524. The predicted molar refractivity (Wildman–Crippen MR) is 75.0 cm³/mol. The van der Waals surface area contributed by atoms with Crippen LogP contribution in [0.1, 0.15) is 0 Å². The third kappa shape index (κ3) is 4.82. The summed E-state index contributed by atoms with van der Waals surface area (Å²) in [5.41, 5.74) is 0.604. The first-order chi connectivity index (χ1) is 9.07. The van der Waals surface area contributed by atoms with E-state index < -0.39 is 6.09 Å². The van der Waals surface area contributed by atoms with Crippen molar-refractivity contribution < 1.29 is 14.0 Å². The molecule has 1 amide bonds. The summed E-state index contributed by atoms with van der Waals surface area (Å²) in [6.07, 6.45) is -0.524. The van der Waals surface area contributed by atoms with E-state index in [1.54, 1.807) is 24.3 Å². The molecule has 19 heavy (non-hydrogen) atoms. The van der Waals surface area contributed by atoms with E-state index in [1.165, 1.54) is 13.1 Å². The molecular weight excluding hydrogens is 264 g/mol. The lowest BCUT2D eigenvalue weighted by Gasteiger charge is -2.05. The molecule has 1 aliphatic rings. The number of hydrogen-bond acceptors (Lipinski definition) is 2. The van der Waals surface area contributed by atoms with Gasteiger partial charge in [0, 0.05) is 10.7 Å². The van der Waals surface area contributed by atoms with Crippen molar-refractivity contribution in [1.82, 2.24) is 0 Å². The van der Waals surface area contributed by atoms with Crippen LogP contribution in [-0.2, 0) is 4.74 Å². The molecule has 1 fully saturated rings. The number of quaternary nitrogens is 1. The smallest absolute Gasteiger partial charge is 0.412 e. The van der Waals surface area contributed by atoms with Gasteiger partial charge in [0.1, 0.15) is 19.6 Å². The van der Waals surface area contributed by atoms with Crippen LogP contribution in [0.25, 0.3) is 0 Å². The van der Waals surface area contributed by atoms with Crippen LogP contribution in [0.2, 0.25) is 5.02 Å². The van der Waals surface area contributed by atoms with E-state index >= 15 is 0 Å². The van der Waals surface area contributed by atoms with Crippen LogP contribution in [-0.4, -0.2) is 43.9 Å². The molecular formula is C14H16ClN2O2+. The topological polar surface area (TPSA) is 38.3 Å². The van der Waals surface area contributed by atoms with Crippen LogP contribution in [0.3, 0.4) is 0 Å². The summed E-state index contributed by atoms with van der Waals surface area (Å²) in [5, 5.41) is 3.15. The van der Waals surface area contributed by atoms with Gasteiger partial charge in [-0.2, -0.15) is 0 Å². The molecule has 1 aliphatic heterocycles. The maximum absolute atomic E-state index is 11.4. The highest BCUT2D eigenvalue weighted by Gasteiger charge is 2.35. The van der Waals surface area contributed by atoms with Gasteiger partial charge in [0.05, 0.1) is 7.05 Å². The van der Waals surface area contributed by atoms with Gasteiger partial charge in [-0.25, -0.2) is 4.79 Å². The predicted octanol–water partition coefficient (Wildman–Crippen LogP) is 2.35. The minimum absolute atomic E-state index is 0.104. The first kappa shape index (κ1) is 13.7. The van der Waals surface area contributed by atoms with Gasteiger partial charge in [-0.05, 0) is 24.1 Å². The van der Waals surface area contributed by atoms with Gasteiger partial charge in [0.25, 0.3) is 0 Å². The van der Waals surface area contributed by atoms with Crippen LogP contribution >= 0.6 is 11.6 Å². The summed E-state index contributed by atoms with van der Waals surface area (Å²) in [6, 6.07) is 6.89. The lowest BCUT2D eigenvalue weighted by Crippen LogP contribution is -2.19. The van der Waals surface area contributed by atoms with E-state index in [0.29, 0.717) is 10.7 Å². The SMILES string of the molecule is C[N+]1(CC#CCOC(=O)Nc2cccc(Cl)c2)CC1. The number of ether oxygens (including phenoxy) is 1. The molecule has 1 aromatic carbocycles. The average molecular weight is 280 g/mol. The molecule has 4 nitrogen and oxygen atoms in total. The molecule has 0 aliphatic carbocycles. The second-order valence-corrected chi connectivity index (χ2v) is 5.23. The number of nitrogens with one attached hydrogen (secondary N) is 1. The van der Waals surface area contributed by atoms with E-state index in [9.17, 15) is 4.79 Å². The molecule has 1 N–H and O–H groups in total. The fraction of sp³-hybridized carbons (Fsp3) is 0.357. The lowest BCUT2D eigenvalue weighted by molar-refractivity contribution is -0.768. The van der Waals surface area contributed by atoms with Gasteiger partial charge < -0.3 is 9.22 Å². The number of hydrogen-bond donors (Lipinski definition) is 1. The number of rotatable bonds is 3. The number of anilines is 1. The average Bonchev–Trinajstić information content (AvgIpc) is 3.07. The Bertz CT molecular complexity index is 530. The summed E-state index contributed by atoms with van der Waals surface area (Å²) in [5.74, 6) is 5.85. The van der Waals surface area contributed by atoms with E-state index in [1.807, 2.05) is 0 Å².